The van der Waals surface area contributed by atoms with E-state index in [4.69, 9.17) is 9.47 Å². The maximum atomic E-state index is 5.69. The highest BCUT2D eigenvalue weighted by Crippen LogP contribution is 2.20. The van der Waals surface area contributed by atoms with Crippen LogP contribution in [0.4, 0.5) is 0 Å². The Kier molecular flexibility index (Phi) is 17.0. The standard InChI is InChI=1S/C27H49NO2/c1-4-5-6-7-8-9-10-11-12-13-14-15-16-17-21-24-27(29-2,30-3)28-25-26-22-19-18-20-23-26/h18-20,22-23,28H,4-17,21,24-25H2,1-3H3. The number of unbranched alkanes of at least 4 members (excludes halogenated alkanes) is 14. The zero-order valence-corrected chi connectivity index (χ0v) is 20.2. The van der Waals surface area contributed by atoms with Gasteiger partial charge in [-0.05, 0) is 12.0 Å². The Bertz CT molecular complexity index is 473. The lowest BCUT2D eigenvalue weighted by molar-refractivity contribution is -0.233. The van der Waals surface area contributed by atoms with Crippen LogP contribution in [0.3, 0.4) is 0 Å². The Morgan fingerprint density at radius 2 is 1.07 bits per heavy atom. The zero-order valence-electron chi connectivity index (χ0n) is 20.2. The van der Waals surface area contributed by atoms with Crippen molar-refractivity contribution >= 4 is 0 Å². The van der Waals surface area contributed by atoms with Crippen LogP contribution in [0.25, 0.3) is 0 Å². The van der Waals surface area contributed by atoms with E-state index >= 15 is 0 Å². The molecule has 0 fully saturated rings. The van der Waals surface area contributed by atoms with Gasteiger partial charge >= 0.3 is 0 Å². The fraction of sp³-hybridized carbons (Fsp3) is 0.778. The Morgan fingerprint density at radius 3 is 1.50 bits per heavy atom. The van der Waals surface area contributed by atoms with Gasteiger partial charge in [0.2, 0.25) is 5.91 Å². The van der Waals surface area contributed by atoms with Crippen LogP contribution in [0.2, 0.25) is 0 Å². The monoisotopic (exact) mass is 419 g/mol. The lowest BCUT2D eigenvalue weighted by Crippen LogP contribution is -2.48. The fourth-order valence-corrected chi connectivity index (χ4v) is 4.08. The molecule has 30 heavy (non-hydrogen) atoms. The second-order valence-corrected chi connectivity index (χ2v) is 8.70. The second kappa shape index (κ2) is 18.8. The molecular formula is C27H49NO2. The third kappa shape index (κ3) is 13.4. The lowest BCUT2D eigenvalue weighted by atomic mass is 10.0. The van der Waals surface area contributed by atoms with Crippen LogP contribution in [0.15, 0.2) is 30.3 Å². The van der Waals surface area contributed by atoms with E-state index in [0.29, 0.717) is 0 Å². The minimum Gasteiger partial charge on any atom is -0.341 e. The van der Waals surface area contributed by atoms with Crippen LogP contribution in [0.1, 0.15) is 115 Å². The smallest absolute Gasteiger partial charge is 0.227 e. The van der Waals surface area contributed by atoms with Crippen LogP contribution in [-0.2, 0) is 16.0 Å². The molecule has 0 aliphatic rings. The van der Waals surface area contributed by atoms with Crippen molar-refractivity contribution in [3.63, 3.8) is 0 Å². The van der Waals surface area contributed by atoms with E-state index in [1.54, 1.807) is 14.2 Å². The van der Waals surface area contributed by atoms with Gasteiger partial charge in [0.25, 0.3) is 0 Å². The molecule has 0 saturated heterocycles. The topological polar surface area (TPSA) is 30.5 Å². The summed E-state index contributed by atoms with van der Waals surface area (Å²) in [7, 11) is 3.46. The molecule has 0 heterocycles. The van der Waals surface area contributed by atoms with E-state index in [0.717, 1.165) is 19.4 Å². The molecule has 0 aliphatic heterocycles. The van der Waals surface area contributed by atoms with Crippen molar-refractivity contribution in [3.8, 4) is 0 Å². The number of benzene rings is 1. The summed E-state index contributed by atoms with van der Waals surface area (Å²) in [5.41, 5.74) is 1.24. The number of hydrogen-bond acceptors (Lipinski definition) is 3. The van der Waals surface area contributed by atoms with Crippen molar-refractivity contribution in [2.75, 3.05) is 14.2 Å². The highest BCUT2D eigenvalue weighted by Gasteiger charge is 2.28. The molecule has 3 nitrogen and oxygen atoms in total. The summed E-state index contributed by atoms with van der Waals surface area (Å²) in [4.78, 5) is 0. The molecule has 1 aromatic rings. The maximum absolute atomic E-state index is 5.69. The van der Waals surface area contributed by atoms with Crippen LogP contribution in [0, 0.1) is 0 Å². The molecule has 0 unspecified atom stereocenters. The van der Waals surface area contributed by atoms with Gasteiger partial charge < -0.3 is 9.47 Å². The van der Waals surface area contributed by atoms with Gasteiger partial charge in [-0.25, -0.2) is 0 Å². The third-order valence-corrected chi connectivity index (χ3v) is 6.17. The molecular weight excluding hydrogens is 370 g/mol. The number of nitrogens with one attached hydrogen (secondary N) is 1. The van der Waals surface area contributed by atoms with E-state index < -0.39 is 5.91 Å². The average molecular weight is 420 g/mol. The van der Waals surface area contributed by atoms with Crippen LogP contribution in [-0.4, -0.2) is 20.1 Å². The number of hydrogen-bond donors (Lipinski definition) is 1. The van der Waals surface area contributed by atoms with E-state index in [-0.39, 0.29) is 0 Å². The Labute approximate surface area is 187 Å². The molecule has 0 aliphatic carbocycles. The quantitative estimate of drug-likeness (QED) is 0.162. The third-order valence-electron chi connectivity index (χ3n) is 6.17. The molecule has 3 heteroatoms. The molecule has 0 bridgehead atoms. The molecule has 1 N–H and O–H groups in total. The zero-order chi connectivity index (χ0) is 21.8. The lowest BCUT2D eigenvalue weighted by Gasteiger charge is -2.32. The van der Waals surface area contributed by atoms with Gasteiger partial charge in [0, 0.05) is 27.2 Å². The van der Waals surface area contributed by atoms with E-state index in [1.165, 1.54) is 95.5 Å². The molecule has 0 spiro atoms. The van der Waals surface area contributed by atoms with Gasteiger partial charge in [-0.15, -0.1) is 0 Å². The number of ether oxygens (including phenoxy) is 2. The van der Waals surface area contributed by atoms with Crippen LogP contribution in [0.5, 0.6) is 0 Å². The highest BCUT2D eigenvalue weighted by atomic mass is 16.7. The normalized spacial score (nSPS) is 11.8. The van der Waals surface area contributed by atoms with Gasteiger partial charge in [-0.3, -0.25) is 5.32 Å². The Hall–Kier alpha value is -0.900. The molecule has 0 atom stereocenters. The van der Waals surface area contributed by atoms with Gasteiger partial charge in [-0.2, -0.15) is 0 Å². The Balaban J connectivity index is 1.98. The average Bonchev–Trinajstić information content (AvgIpc) is 2.79. The predicted molar refractivity (Wildman–Crippen MR) is 130 cm³/mol. The summed E-state index contributed by atoms with van der Waals surface area (Å²) in [5, 5.41) is 3.45. The maximum Gasteiger partial charge on any atom is 0.227 e. The summed E-state index contributed by atoms with van der Waals surface area (Å²) in [6.07, 6.45) is 21.6. The molecule has 0 radical (unpaired) electrons. The first-order valence-corrected chi connectivity index (χ1v) is 12.7. The van der Waals surface area contributed by atoms with Gasteiger partial charge in [0.1, 0.15) is 0 Å². The SMILES string of the molecule is CCCCCCCCCCCCCCCCCC(NCc1ccccc1)(OC)OC. The van der Waals surface area contributed by atoms with Crippen molar-refractivity contribution in [3.05, 3.63) is 35.9 Å². The predicted octanol–water partition coefficient (Wildman–Crippen LogP) is 7.98. The van der Waals surface area contributed by atoms with Gasteiger partial charge in [-0.1, -0.05) is 127 Å². The molecule has 0 amide bonds. The second-order valence-electron chi connectivity index (χ2n) is 8.70. The summed E-state index contributed by atoms with van der Waals surface area (Å²) in [5.74, 6) is -0.674. The molecule has 174 valence electrons. The van der Waals surface area contributed by atoms with Crippen molar-refractivity contribution < 1.29 is 9.47 Å². The van der Waals surface area contributed by atoms with Crippen molar-refractivity contribution in [2.24, 2.45) is 0 Å². The first-order valence-electron chi connectivity index (χ1n) is 12.7. The number of rotatable bonds is 21. The summed E-state index contributed by atoms with van der Waals surface area (Å²) < 4.78 is 11.4. The van der Waals surface area contributed by atoms with Gasteiger partial charge in [0.15, 0.2) is 0 Å². The van der Waals surface area contributed by atoms with E-state index in [2.05, 4.69) is 36.5 Å². The van der Waals surface area contributed by atoms with Crippen LogP contribution >= 0.6 is 0 Å². The van der Waals surface area contributed by atoms with E-state index in [9.17, 15) is 0 Å². The first kappa shape index (κ1) is 27.1. The Morgan fingerprint density at radius 1 is 0.633 bits per heavy atom. The highest BCUT2D eigenvalue weighted by molar-refractivity contribution is 5.14. The van der Waals surface area contributed by atoms with Crippen molar-refractivity contribution in [2.45, 2.75) is 122 Å². The largest absolute Gasteiger partial charge is 0.341 e. The summed E-state index contributed by atoms with van der Waals surface area (Å²) in [6, 6.07) is 10.4. The first-order chi connectivity index (χ1) is 14.8. The van der Waals surface area contributed by atoms with Crippen LogP contribution < -0.4 is 5.32 Å². The molecule has 1 aromatic carbocycles. The van der Waals surface area contributed by atoms with E-state index in [1.807, 2.05) is 6.07 Å². The fourth-order valence-electron chi connectivity index (χ4n) is 4.08. The minimum atomic E-state index is -0.674. The van der Waals surface area contributed by atoms with Crippen molar-refractivity contribution in [1.82, 2.24) is 5.32 Å². The van der Waals surface area contributed by atoms with Gasteiger partial charge in [0.05, 0.1) is 0 Å². The summed E-state index contributed by atoms with van der Waals surface area (Å²) >= 11 is 0. The van der Waals surface area contributed by atoms with Crippen molar-refractivity contribution in [1.29, 1.82) is 0 Å². The minimum absolute atomic E-state index is 0.674. The molecule has 0 aromatic heterocycles. The molecule has 0 saturated carbocycles. The number of methoxy groups -OCH3 is 2. The summed E-state index contributed by atoms with van der Waals surface area (Å²) in [6.45, 7) is 3.04. The molecule has 1 rings (SSSR count).